The molecule has 0 saturated heterocycles. The lowest BCUT2D eigenvalue weighted by molar-refractivity contribution is -0.140. The van der Waals surface area contributed by atoms with Crippen LogP contribution in [0.1, 0.15) is 30.5 Å². The monoisotopic (exact) mass is 406 g/mol. The SMILES string of the molecule is CCNC(=O)C(C)N(Cc1cccc(C)c1)C(=O)Cc1c(Cl)cccc1Cl. The fraction of sp³-hybridized carbons (Fsp3) is 0.333. The Hall–Kier alpha value is -2.04. The quantitative estimate of drug-likeness (QED) is 0.740. The molecule has 6 heteroatoms. The van der Waals surface area contributed by atoms with Crippen molar-refractivity contribution in [1.29, 1.82) is 0 Å². The second kappa shape index (κ2) is 9.77. The second-order valence-electron chi connectivity index (χ2n) is 6.46. The van der Waals surface area contributed by atoms with Gasteiger partial charge in [0.25, 0.3) is 0 Å². The van der Waals surface area contributed by atoms with Crippen molar-refractivity contribution in [3.8, 4) is 0 Å². The number of carbonyl (C=O) groups is 2. The zero-order valence-electron chi connectivity index (χ0n) is 15.8. The topological polar surface area (TPSA) is 49.4 Å². The zero-order valence-corrected chi connectivity index (χ0v) is 17.3. The fourth-order valence-electron chi connectivity index (χ4n) is 2.87. The molecule has 144 valence electrons. The minimum Gasteiger partial charge on any atom is -0.355 e. The largest absolute Gasteiger partial charge is 0.355 e. The van der Waals surface area contributed by atoms with Gasteiger partial charge >= 0.3 is 0 Å². The van der Waals surface area contributed by atoms with Crippen molar-refractivity contribution in [2.24, 2.45) is 0 Å². The molecule has 0 spiro atoms. The van der Waals surface area contributed by atoms with Crippen molar-refractivity contribution in [2.45, 2.75) is 39.8 Å². The van der Waals surface area contributed by atoms with E-state index in [1.807, 2.05) is 38.1 Å². The average molecular weight is 407 g/mol. The Kier molecular flexibility index (Phi) is 7.69. The van der Waals surface area contributed by atoms with Crippen molar-refractivity contribution >= 4 is 35.0 Å². The van der Waals surface area contributed by atoms with Crippen LogP contribution >= 0.6 is 23.2 Å². The van der Waals surface area contributed by atoms with E-state index in [4.69, 9.17) is 23.2 Å². The van der Waals surface area contributed by atoms with E-state index < -0.39 is 6.04 Å². The maximum atomic E-state index is 13.1. The third kappa shape index (κ3) is 5.72. The molecule has 0 aromatic heterocycles. The van der Waals surface area contributed by atoms with E-state index in [1.54, 1.807) is 30.0 Å². The van der Waals surface area contributed by atoms with Crippen LogP contribution in [-0.4, -0.2) is 29.3 Å². The number of hydrogen-bond acceptors (Lipinski definition) is 2. The first-order valence-corrected chi connectivity index (χ1v) is 9.64. The van der Waals surface area contributed by atoms with Crippen LogP contribution in [0.15, 0.2) is 42.5 Å². The second-order valence-corrected chi connectivity index (χ2v) is 7.27. The van der Waals surface area contributed by atoms with Gasteiger partial charge in [-0.25, -0.2) is 0 Å². The van der Waals surface area contributed by atoms with Gasteiger partial charge in [0.2, 0.25) is 11.8 Å². The van der Waals surface area contributed by atoms with E-state index >= 15 is 0 Å². The summed E-state index contributed by atoms with van der Waals surface area (Å²) in [7, 11) is 0. The summed E-state index contributed by atoms with van der Waals surface area (Å²) < 4.78 is 0. The normalized spacial score (nSPS) is 11.7. The van der Waals surface area contributed by atoms with E-state index in [0.29, 0.717) is 28.7 Å². The fourth-order valence-corrected chi connectivity index (χ4v) is 3.40. The van der Waals surface area contributed by atoms with Gasteiger partial charge in [-0.2, -0.15) is 0 Å². The first-order chi connectivity index (χ1) is 12.8. The maximum Gasteiger partial charge on any atom is 0.242 e. The number of nitrogens with zero attached hydrogens (tertiary/aromatic N) is 1. The van der Waals surface area contributed by atoms with Crippen molar-refractivity contribution in [1.82, 2.24) is 10.2 Å². The Morgan fingerprint density at radius 2 is 1.74 bits per heavy atom. The van der Waals surface area contributed by atoms with Crippen LogP contribution in [-0.2, 0) is 22.6 Å². The molecule has 0 aliphatic carbocycles. The van der Waals surface area contributed by atoms with Gasteiger partial charge in [-0.05, 0) is 44.0 Å². The van der Waals surface area contributed by atoms with E-state index in [2.05, 4.69) is 5.32 Å². The number of halogens is 2. The van der Waals surface area contributed by atoms with Crippen LogP contribution in [0, 0.1) is 6.92 Å². The van der Waals surface area contributed by atoms with Gasteiger partial charge < -0.3 is 10.2 Å². The Morgan fingerprint density at radius 3 is 2.33 bits per heavy atom. The molecule has 4 nitrogen and oxygen atoms in total. The number of nitrogens with one attached hydrogen (secondary N) is 1. The van der Waals surface area contributed by atoms with Crippen LogP contribution in [0.3, 0.4) is 0 Å². The third-order valence-electron chi connectivity index (χ3n) is 4.34. The molecule has 2 rings (SSSR count). The first-order valence-electron chi connectivity index (χ1n) is 8.89. The zero-order chi connectivity index (χ0) is 20.0. The molecule has 27 heavy (non-hydrogen) atoms. The highest BCUT2D eigenvalue weighted by Gasteiger charge is 2.26. The number of benzene rings is 2. The van der Waals surface area contributed by atoms with Gasteiger partial charge in [-0.3, -0.25) is 9.59 Å². The smallest absolute Gasteiger partial charge is 0.242 e. The molecular formula is C21H24Cl2N2O2. The van der Waals surface area contributed by atoms with Gasteiger partial charge in [0.05, 0.1) is 6.42 Å². The predicted octanol–water partition coefficient (Wildman–Crippen LogP) is 4.40. The Morgan fingerprint density at radius 1 is 1.11 bits per heavy atom. The molecule has 0 aliphatic rings. The van der Waals surface area contributed by atoms with Gasteiger partial charge in [-0.1, -0.05) is 59.1 Å². The lowest BCUT2D eigenvalue weighted by Gasteiger charge is -2.29. The number of aryl methyl sites for hydroxylation is 1. The highest BCUT2D eigenvalue weighted by molar-refractivity contribution is 6.36. The van der Waals surface area contributed by atoms with Crippen LogP contribution in [0.2, 0.25) is 10.0 Å². The molecule has 0 radical (unpaired) electrons. The van der Waals surface area contributed by atoms with Crippen LogP contribution in [0.4, 0.5) is 0 Å². The summed E-state index contributed by atoms with van der Waals surface area (Å²) in [5.74, 6) is -0.394. The standard InChI is InChI=1S/C21H24Cl2N2O2/c1-4-24-21(27)15(3)25(13-16-8-5-7-14(2)11-16)20(26)12-17-18(22)9-6-10-19(17)23/h5-11,15H,4,12-13H2,1-3H3,(H,24,27). The van der Waals surface area contributed by atoms with Crippen molar-refractivity contribution in [3.05, 3.63) is 69.2 Å². The van der Waals surface area contributed by atoms with Gasteiger partial charge in [-0.15, -0.1) is 0 Å². The molecule has 2 aromatic carbocycles. The minimum absolute atomic E-state index is 0.0358. The summed E-state index contributed by atoms with van der Waals surface area (Å²) in [5.41, 5.74) is 2.63. The van der Waals surface area contributed by atoms with Crippen LogP contribution < -0.4 is 5.32 Å². The molecule has 0 fully saturated rings. The van der Waals surface area contributed by atoms with Crippen molar-refractivity contribution in [3.63, 3.8) is 0 Å². The number of rotatable bonds is 7. The molecular weight excluding hydrogens is 383 g/mol. The highest BCUT2D eigenvalue weighted by atomic mass is 35.5. The number of amides is 2. The van der Waals surface area contributed by atoms with E-state index in [9.17, 15) is 9.59 Å². The highest BCUT2D eigenvalue weighted by Crippen LogP contribution is 2.26. The third-order valence-corrected chi connectivity index (χ3v) is 5.05. The van der Waals surface area contributed by atoms with Gasteiger partial charge in [0, 0.05) is 23.1 Å². The summed E-state index contributed by atoms with van der Waals surface area (Å²) in [6, 6.07) is 12.4. The van der Waals surface area contributed by atoms with Crippen molar-refractivity contribution in [2.75, 3.05) is 6.54 Å². The van der Waals surface area contributed by atoms with E-state index in [0.717, 1.165) is 11.1 Å². The lowest BCUT2D eigenvalue weighted by atomic mass is 10.1. The molecule has 2 amide bonds. The molecule has 0 heterocycles. The summed E-state index contributed by atoms with van der Waals surface area (Å²) in [6.07, 6.45) is 0.0358. The Labute approximate surface area is 170 Å². The molecule has 2 aromatic rings. The predicted molar refractivity (Wildman–Crippen MR) is 110 cm³/mol. The van der Waals surface area contributed by atoms with Crippen LogP contribution in [0.5, 0.6) is 0 Å². The van der Waals surface area contributed by atoms with E-state index in [-0.39, 0.29) is 18.2 Å². The van der Waals surface area contributed by atoms with Gasteiger partial charge in [0.15, 0.2) is 0 Å². The van der Waals surface area contributed by atoms with Gasteiger partial charge in [0.1, 0.15) is 6.04 Å². The molecule has 1 N–H and O–H groups in total. The Bertz CT molecular complexity index is 803. The van der Waals surface area contributed by atoms with Crippen LogP contribution in [0.25, 0.3) is 0 Å². The number of hydrogen-bond donors (Lipinski definition) is 1. The lowest BCUT2D eigenvalue weighted by Crippen LogP contribution is -2.48. The van der Waals surface area contributed by atoms with Crippen molar-refractivity contribution < 1.29 is 9.59 Å². The molecule has 0 aliphatic heterocycles. The Balaban J connectivity index is 2.30. The summed E-state index contributed by atoms with van der Waals surface area (Å²) in [6.45, 7) is 6.41. The number of likely N-dealkylation sites (N-methyl/N-ethyl adjacent to an activating group) is 1. The summed E-state index contributed by atoms with van der Waals surface area (Å²) in [5, 5.41) is 3.66. The summed E-state index contributed by atoms with van der Waals surface area (Å²) >= 11 is 12.4. The molecule has 0 saturated carbocycles. The first kappa shape index (κ1) is 21.3. The van der Waals surface area contributed by atoms with E-state index in [1.165, 1.54) is 0 Å². The molecule has 1 atom stereocenters. The average Bonchev–Trinajstić information content (AvgIpc) is 2.62. The minimum atomic E-state index is -0.612. The number of carbonyl (C=O) groups excluding carboxylic acids is 2. The molecule has 1 unspecified atom stereocenters. The summed E-state index contributed by atoms with van der Waals surface area (Å²) in [4.78, 5) is 27.0. The molecule has 0 bridgehead atoms. The maximum absolute atomic E-state index is 13.1.